The first-order chi connectivity index (χ1) is 9.08. The molecule has 1 aromatic carbocycles. The lowest BCUT2D eigenvalue weighted by Gasteiger charge is -2.15. The summed E-state index contributed by atoms with van der Waals surface area (Å²) in [6.07, 6.45) is 2.40. The van der Waals surface area contributed by atoms with Crippen molar-refractivity contribution in [2.24, 2.45) is 0 Å². The van der Waals surface area contributed by atoms with Gasteiger partial charge in [-0.2, -0.15) is 0 Å². The van der Waals surface area contributed by atoms with Gasteiger partial charge in [-0.25, -0.2) is 0 Å². The molecule has 1 N–H and O–H groups in total. The van der Waals surface area contributed by atoms with Crippen LogP contribution in [-0.2, 0) is 0 Å². The fraction of sp³-hybridized carbons (Fsp3) is 0.647. The summed E-state index contributed by atoms with van der Waals surface area (Å²) in [7, 11) is 0. The predicted octanol–water partition coefficient (Wildman–Crippen LogP) is 2.70. The summed E-state index contributed by atoms with van der Waals surface area (Å²) in [4.78, 5) is 1.68. The Labute approximate surface area is 118 Å². The van der Waals surface area contributed by atoms with Gasteiger partial charge in [-0.05, 0) is 70.2 Å². The minimum Gasteiger partial charge on any atom is -0.493 e. The zero-order chi connectivity index (χ0) is 14.3. The Balaban J connectivity index is 2.34. The number of unbranched alkanes of at least 4 members (excludes halogenated alkanes) is 1. The van der Waals surface area contributed by atoms with E-state index in [9.17, 15) is 0 Å². The highest BCUT2D eigenvalue weighted by molar-refractivity contribution is 5.41. The van der Waals surface area contributed by atoms with E-state index in [1.807, 2.05) is 0 Å². The van der Waals surface area contributed by atoms with Gasteiger partial charge in [0.2, 0.25) is 0 Å². The van der Waals surface area contributed by atoms with Gasteiger partial charge in [0, 0.05) is 0 Å². The van der Waals surface area contributed by atoms with Crippen molar-refractivity contribution in [3.05, 3.63) is 28.8 Å². The lowest BCUT2D eigenvalue weighted by atomic mass is 10.1. The second-order valence-electron chi connectivity index (χ2n) is 5.47. The molecule has 0 heterocycles. The molecule has 0 aliphatic carbocycles. The summed E-state index contributed by atoms with van der Waals surface area (Å²) in [6, 6.07) is 4.36. The van der Waals surface area contributed by atoms with Crippen LogP contribution in [0.5, 0.6) is 5.75 Å². The maximum Gasteiger partial charge on any atom is 0.122 e. The molecule has 0 spiro atoms. The Morgan fingerprint density at radius 3 is 2.32 bits per heavy atom. The van der Waals surface area contributed by atoms with Crippen molar-refractivity contribution in [1.29, 1.82) is 0 Å². The average molecular weight is 264 g/mol. The van der Waals surface area contributed by atoms with E-state index in [0.29, 0.717) is 0 Å². The lowest BCUT2D eigenvalue weighted by molar-refractivity contribution is -0.896. The van der Waals surface area contributed by atoms with Gasteiger partial charge in [0.15, 0.2) is 0 Å². The SMILES string of the molecule is CC[NH+](CC)CCCCOc1cc(C)cc(C)c1C. The third-order valence-electron chi connectivity index (χ3n) is 3.95. The van der Waals surface area contributed by atoms with Gasteiger partial charge in [-0.3, -0.25) is 0 Å². The van der Waals surface area contributed by atoms with Crippen molar-refractivity contribution in [3.63, 3.8) is 0 Å². The van der Waals surface area contributed by atoms with Crippen LogP contribution >= 0.6 is 0 Å². The van der Waals surface area contributed by atoms with Crippen LogP contribution in [0.2, 0.25) is 0 Å². The first kappa shape index (κ1) is 16.0. The van der Waals surface area contributed by atoms with Gasteiger partial charge in [0.05, 0.1) is 26.2 Å². The van der Waals surface area contributed by atoms with Gasteiger partial charge in [-0.15, -0.1) is 0 Å². The molecule has 1 rings (SSSR count). The summed E-state index contributed by atoms with van der Waals surface area (Å²) in [6.45, 7) is 15.5. The monoisotopic (exact) mass is 264 g/mol. The van der Waals surface area contributed by atoms with Gasteiger partial charge in [0.1, 0.15) is 5.75 Å². The zero-order valence-corrected chi connectivity index (χ0v) is 13.3. The predicted molar refractivity (Wildman–Crippen MR) is 82.3 cm³/mol. The van der Waals surface area contributed by atoms with Crippen molar-refractivity contribution in [2.75, 3.05) is 26.2 Å². The van der Waals surface area contributed by atoms with E-state index >= 15 is 0 Å². The average Bonchev–Trinajstić information content (AvgIpc) is 2.39. The molecule has 0 radical (unpaired) electrons. The van der Waals surface area contributed by atoms with E-state index in [4.69, 9.17) is 4.74 Å². The van der Waals surface area contributed by atoms with Crippen LogP contribution in [0.4, 0.5) is 0 Å². The van der Waals surface area contributed by atoms with Crippen LogP contribution in [0.3, 0.4) is 0 Å². The van der Waals surface area contributed by atoms with E-state index in [2.05, 4.69) is 46.8 Å². The van der Waals surface area contributed by atoms with E-state index < -0.39 is 0 Å². The minimum absolute atomic E-state index is 0.838. The van der Waals surface area contributed by atoms with Crippen LogP contribution < -0.4 is 9.64 Å². The Bertz CT molecular complexity index is 383. The molecule has 0 aliphatic rings. The molecule has 0 fully saturated rings. The molecule has 0 bridgehead atoms. The Morgan fingerprint density at radius 2 is 1.68 bits per heavy atom. The number of quaternary nitrogens is 1. The van der Waals surface area contributed by atoms with Crippen molar-refractivity contribution in [2.45, 2.75) is 47.5 Å². The second-order valence-corrected chi connectivity index (χ2v) is 5.47. The molecule has 0 aromatic heterocycles. The highest BCUT2D eigenvalue weighted by Crippen LogP contribution is 2.23. The molecule has 1 aromatic rings. The maximum absolute atomic E-state index is 5.94. The van der Waals surface area contributed by atoms with Crippen LogP contribution in [0.15, 0.2) is 12.1 Å². The Hall–Kier alpha value is -1.02. The largest absolute Gasteiger partial charge is 0.493 e. The number of benzene rings is 1. The zero-order valence-electron chi connectivity index (χ0n) is 13.3. The van der Waals surface area contributed by atoms with Crippen molar-refractivity contribution >= 4 is 0 Å². The van der Waals surface area contributed by atoms with Gasteiger partial charge in [-0.1, -0.05) is 6.07 Å². The molecule has 108 valence electrons. The van der Waals surface area contributed by atoms with Crippen molar-refractivity contribution in [1.82, 2.24) is 0 Å². The summed E-state index contributed by atoms with van der Waals surface area (Å²) in [5.74, 6) is 1.06. The van der Waals surface area contributed by atoms with Crippen LogP contribution in [0.25, 0.3) is 0 Å². The quantitative estimate of drug-likeness (QED) is 0.713. The van der Waals surface area contributed by atoms with Crippen molar-refractivity contribution < 1.29 is 9.64 Å². The highest BCUT2D eigenvalue weighted by atomic mass is 16.5. The summed E-state index contributed by atoms with van der Waals surface area (Å²) >= 11 is 0. The van der Waals surface area contributed by atoms with E-state index in [1.165, 1.54) is 42.7 Å². The molecule has 2 heteroatoms. The molecule has 0 atom stereocenters. The highest BCUT2D eigenvalue weighted by Gasteiger charge is 2.05. The molecule has 0 aliphatic heterocycles. The van der Waals surface area contributed by atoms with Crippen LogP contribution in [0, 0.1) is 20.8 Å². The molecule has 19 heavy (non-hydrogen) atoms. The number of nitrogens with one attached hydrogen (secondary N) is 1. The van der Waals surface area contributed by atoms with E-state index in [-0.39, 0.29) is 0 Å². The normalized spacial score (nSPS) is 11.1. The number of rotatable bonds is 8. The molecule has 0 saturated carbocycles. The van der Waals surface area contributed by atoms with Gasteiger partial charge >= 0.3 is 0 Å². The second kappa shape index (κ2) is 8.21. The van der Waals surface area contributed by atoms with E-state index in [0.717, 1.165) is 18.8 Å². The number of hydrogen-bond donors (Lipinski definition) is 1. The maximum atomic E-state index is 5.94. The number of hydrogen-bond acceptors (Lipinski definition) is 1. The third kappa shape index (κ3) is 5.23. The fourth-order valence-corrected chi connectivity index (χ4v) is 2.41. The Morgan fingerprint density at radius 1 is 1.00 bits per heavy atom. The standard InChI is InChI=1S/C17H29NO/c1-6-18(7-2)10-8-9-11-19-17-13-14(3)12-15(4)16(17)5/h12-13H,6-11H2,1-5H3/p+1. The number of ether oxygens (including phenoxy) is 1. The van der Waals surface area contributed by atoms with Crippen LogP contribution in [0.1, 0.15) is 43.4 Å². The first-order valence-electron chi connectivity index (χ1n) is 7.62. The third-order valence-corrected chi connectivity index (χ3v) is 3.95. The molecular formula is C17H30NO+. The minimum atomic E-state index is 0.838. The molecule has 0 unspecified atom stereocenters. The molecule has 0 amide bonds. The summed E-state index contributed by atoms with van der Waals surface area (Å²) in [5, 5.41) is 0. The summed E-state index contributed by atoms with van der Waals surface area (Å²) in [5.41, 5.74) is 3.88. The van der Waals surface area contributed by atoms with E-state index in [1.54, 1.807) is 4.90 Å². The van der Waals surface area contributed by atoms with Gasteiger partial charge < -0.3 is 9.64 Å². The smallest absolute Gasteiger partial charge is 0.122 e. The molecule has 2 nitrogen and oxygen atoms in total. The fourth-order valence-electron chi connectivity index (χ4n) is 2.41. The molecule has 0 saturated heterocycles. The van der Waals surface area contributed by atoms with Gasteiger partial charge in [0.25, 0.3) is 0 Å². The van der Waals surface area contributed by atoms with Crippen molar-refractivity contribution in [3.8, 4) is 5.75 Å². The lowest BCUT2D eigenvalue weighted by Crippen LogP contribution is -3.11. The summed E-state index contributed by atoms with van der Waals surface area (Å²) < 4.78 is 5.94. The first-order valence-corrected chi connectivity index (χ1v) is 7.62. The number of aryl methyl sites for hydroxylation is 2. The van der Waals surface area contributed by atoms with Crippen LogP contribution in [-0.4, -0.2) is 26.2 Å². The topological polar surface area (TPSA) is 13.7 Å². The Kier molecular flexibility index (Phi) is 6.93. The molecular weight excluding hydrogens is 234 g/mol.